The largest absolute Gasteiger partial charge is 0.301 e. The first-order chi connectivity index (χ1) is 6.49. The van der Waals surface area contributed by atoms with Crippen LogP contribution >= 0.6 is 15.9 Å². The summed E-state index contributed by atoms with van der Waals surface area (Å²) < 4.78 is 22.0. The Bertz CT molecular complexity index is 229. The third-order valence-corrected chi connectivity index (χ3v) is 3.29. The summed E-state index contributed by atoms with van der Waals surface area (Å²) in [7, 11) is -2.82. The van der Waals surface area contributed by atoms with Crippen LogP contribution in [0.3, 0.4) is 0 Å². The quantitative estimate of drug-likeness (QED) is 0.635. The second-order valence-corrected chi connectivity index (χ2v) is 6.57. The molecule has 0 saturated carbocycles. The number of nitrogens with zero attached hydrogens (tertiary/aromatic N) is 1. The summed E-state index contributed by atoms with van der Waals surface area (Å²) in [6.45, 7) is 4.72. The standard InChI is InChI=1S/C9H20BrNO2S/c1-3-4-6-11(7-5-10)8-9-14(2,12)13/h3-9H2,1-2H3. The van der Waals surface area contributed by atoms with E-state index in [-0.39, 0.29) is 5.75 Å². The molecular formula is C9H20BrNO2S. The van der Waals surface area contributed by atoms with Crippen molar-refractivity contribution in [2.24, 2.45) is 0 Å². The molecule has 0 radical (unpaired) electrons. The molecule has 0 saturated heterocycles. The summed E-state index contributed by atoms with van der Waals surface area (Å²) >= 11 is 3.37. The molecule has 0 atom stereocenters. The van der Waals surface area contributed by atoms with Crippen LogP contribution < -0.4 is 0 Å². The summed E-state index contributed by atoms with van der Waals surface area (Å²) in [6.07, 6.45) is 3.58. The Morgan fingerprint density at radius 2 is 1.86 bits per heavy atom. The monoisotopic (exact) mass is 285 g/mol. The van der Waals surface area contributed by atoms with Crippen molar-refractivity contribution < 1.29 is 8.42 Å². The fourth-order valence-corrected chi connectivity index (χ4v) is 2.22. The van der Waals surface area contributed by atoms with Crippen molar-refractivity contribution in [3.8, 4) is 0 Å². The zero-order chi connectivity index (χ0) is 11.0. The predicted octanol–water partition coefficient (Wildman–Crippen LogP) is 1.53. The van der Waals surface area contributed by atoms with Crippen LogP contribution in [-0.2, 0) is 9.84 Å². The van der Waals surface area contributed by atoms with Crippen LogP contribution in [-0.4, -0.2) is 50.3 Å². The van der Waals surface area contributed by atoms with Gasteiger partial charge in [0, 0.05) is 24.7 Å². The van der Waals surface area contributed by atoms with Crippen molar-refractivity contribution in [2.45, 2.75) is 19.8 Å². The van der Waals surface area contributed by atoms with Crippen molar-refractivity contribution in [2.75, 3.05) is 37.0 Å². The van der Waals surface area contributed by atoms with Crippen molar-refractivity contribution in [3.63, 3.8) is 0 Å². The van der Waals surface area contributed by atoms with Crippen LogP contribution in [0.2, 0.25) is 0 Å². The number of rotatable bonds is 8. The van der Waals surface area contributed by atoms with Gasteiger partial charge in [0.1, 0.15) is 9.84 Å². The van der Waals surface area contributed by atoms with Crippen LogP contribution in [0.1, 0.15) is 19.8 Å². The molecule has 0 unspecified atom stereocenters. The van der Waals surface area contributed by atoms with Crippen molar-refractivity contribution in [1.29, 1.82) is 0 Å². The molecule has 0 fully saturated rings. The minimum absolute atomic E-state index is 0.268. The molecule has 0 rings (SSSR count). The topological polar surface area (TPSA) is 37.4 Å². The second kappa shape index (κ2) is 7.65. The highest BCUT2D eigenvalue weighted by Gasteiger charge is 2.07. The molecule has 0 bridgehead atoms. The molecule has 0 aliphatic carbocycles. The van der Waals surface area contributed by atoms with Gasteiger partial charge in [-0.05, 0) is 13.0 Å². The lowest BCUT2D eigenvalue weighted by Gasteiger charge is -2.20. The number of halogens is 1. The van der Waals surface area contributed by atoms with E-state index in [1.165, 1.54) is 6.26 Å². The van der Waals surface area contributed by atoms with E-state index in [1.807, 2.05) is 0 Å². The Morgan fingerprint density at radius 3 is 2.29 bits per heavy atom. The van der Waals surface area contributed by atoms with Gasteiger partial charge in [0.2, 0.25) is 0 Å². The van der Waals surface area contributed by atoms with Gasteiger partial charge >= 0.3 is 0 Å². The minimum atomic E-state index is -2.82. The third kappa shape index (κ3) is 8.97. The fourth-order valence-electron chi connectivity index (χ4n) is 1.13. The van der Waals surface area contributed by atoms with Gasteiger partial charge in [-0.25, -0.2) is 8.42 Å². The third-order valence-electron chi connectivity index (χ3n) is 2.01. The number of sulfone groups is 1. The molecule has 0 N–H and O–H groups in total. The van der Waals surface area contributed by atoms with E-state index in [2.05, 4.69) is 27.8 Å². The van der Waals surface area contributed by atoms with E-state index >= 15 is 0 Å². The second-order valence-electron chi connectivity index (χ2n) is 3.51. The van der Waals surface area contributed by atoms with Crippen LogP contribution in [0.4, 0.5) is 0 Å². The van der Waals surface area contributed by atoms with Crippen molar-refractivity contribution in [1.82, 2.24) is 4.90 Å². The first kappa shape index (κ1) is 14.4. The summed E-state index contributed by atoms with van der Waals surface area (Å²) in [5.41, 5.74) is 0. The average Bonchev–Trinajstić information content (AvgIpc) is 2.08. The van der Waals surface area contributed by atoms with E-state index in [4.69, 9.17) is 0 Å². The molecule has 0 aliphatic heterocycles. The van der Waals surface area contributed by atoms with Gasteiger partial charge in [-0.2, -0.15) is 0 Å². The lowest BCUT2D eigenvalue weighted by Crippen LogP contribution is -2.31. The maximum atomic E-state index is 11.0. The number of hydrogen-bond acceptors (Lipinski definition) is 3. The van der Waals surface area contributed by atoms with Crippen LogP contribution in [0, 0.1) is 0 Å². The van der Waals surface area contributed by atoms with Gasteiger partial charge in [-0.15, -0.1) is 0 Å². The zero-order valence-electron chi connectivity index (χ0n) is 9.00. The molecule has 0 aromatic heterocycles. The van der Waals surface area contributed by atoms with E-state index in [1.54, 1.807) is 0 Å². The molecule has 0 aliphatic rings. The molecular weight excluding hydrogens is 266 g/mol. The molecule has 0 aromatic carbocycles. The number of hydrogen-bond donors (Lipinski definition) is 0. The SMILES string of the molecule is CCCCN(CCBr)CCS(C)(=O)=O. The molecule has 3 nitrogen and oxygen atoms in total. The fraction of sp³-hybridized carbons (Fsp3) is 1.00. The maximum Gasteiger partial charge on any atom is 0.148 e. The zero-order valence-corrected chi connectivity index (χ0v) is 11.4. The Kier molecular flexibility index (Phi) is 7.86. The lowest BCUT2D eigenvalue weighted by atomic mass is 10.3. The minimum Gasteiger partial charge on any atom is -0.301 e. The number of alkyl halides is 1. The van der Waals surface area contributed by atoms with Gasteiger partial charge in [0.05, 0.1) is 5.75 Å². The highest BCUT2D eigenvalue weighted by atomic mass is 79.9. The molecule has 0 amide bonds. The van der Waals surface area contributed by atoms with Gasteiger partial charge < -0.3 is 4.90 Å². The molecule has 86 valence electrons. The Labute approximate surface area is 95.9 Å². The lowest BCUT2D eigenvalue weighted by molar-refractivity contribution is 0.302. The molecule has 0 aromatic rings. The van der Waals surface area contributed by atoms with Gasteiger partial charge in [0.25, 0.3) is 0 Å². The van der Waals surface area contributed by atoms with Crippen LogP contribution in [0.15, 0.2) is 0 Å². The van der Waals surface area contributed by atoms with E-state index < -0.39 is 9.84 Å². The Balaban J connectivity index is 3.84. The summed E-state index contributed by atoms with van der Waals surface area (Å²) in [5.74, 6) is 0.268. The van der Waals surface area contributed by atoms with Gasteiger partial charge in [-0.3, -0.25) is 0 Å². The predicted molar refractivity (Wildman–Crippen MR) is 64.9 cm³/mol. The molecule has 14 heavy (non-hydrogen) atoms. The highest BCUT2D eigenvalue weighted by molar-refractivity contribution is 9.09. The first-order valence-electron chi connectivity index (χ1n) is 4.95. The average molecular weight is 286 g/mol. The number of unbranched alkanes of at least 4 members (excludes halogenated alkanes) is 1. The smallest absolute Gasteiger partial charge is 0.148 e. The van der Waals surface area contributed by atoms with Crippen LogP contribution in [0.5, 0.6) is 0 Å². The van der Waals surface area contributed by atoms with Crippen molar-refractivity contribution in [3.05, 3.63) is 0 Å². The molecule has 0 spiro atoms. The summed E-state index contributed by atoms with van der Waals surface area (Å²) in [4.78, 5) is 2.19. The maximum absolute atomic E-state index is 11.0. The molecule has 0 heterocycles. The Hall–Kier alpha value is 0.390. The Morgan fingerprint density at radius 1 is 1.21 bits per heavy atom. The normalized spacial score (nSPS) is 12.3. The van der Waals surface area contributed by atoms with E-state index in [0.29, 0.717) is 6.54 Å². The summed E-state index contributed by atoms with van der Waals surface area (Å²) in [6, 6.07) is 0. The van der Waals surface area contributed by atoms with E-state index in [9.17, 15) is 8.42 Å². The van der Waals surface area contributed by atoms with Gasteiger partial charge in [-0.1, -0.05) is 29.3 Å². The van der Waals surface area contributed by atoms with E-state index in [0.717, 1.165) is 31.3 Å². The van der Waals surface area contributed by atoms with Crippen LogP contribution in [0.25, 0.3) is 0 Å². The first-order valence-corrected chi connectivity index (χ1v) is 8.14. The highest BCUT2D eigenvalue weighted by Crippen LogP contribution is 1.97. The molecule has 5 heteroatoms. The van der Waals surface area contributed by atoms with Gasteiger partial charge in [0.15, 0.2) is 0 Å². The summed E-state index contributed by atoms with van der Waals surface area (Å²) in [5, 5.41) is 0.903. The van der Waals surface area contributed by atoms with Crippen molar-refractivity contribution >= 4 is 25.8 Å².